The number of hydrogen-bond donors (Lipinski definition) is 3. The van der Waals surface area contributed by atoms with Gasteiger partial charge in [-0.2, -0.15) is 5.10 Å². The quantitative estimate of drug-likeness (QED) is 0.212. The monoisotopic (exact) mass is 530 g/mol. The Morgan fingerprint density at radius 3 is 2.49 bits per heavy atom. The van der Waals surface area contributed by atoms with Crippen molar-refractivity contribution in [3.63, 3.8) is 0 Å². The molecule has 0 radical (unpaired) electrons. The van der Waals surface area contributed by atoms with Crippen LogP contribution in [-0.4, -0.2) is 30.9 Å². The van der Waals surface area contributed by atoms with Crippen LogP contribution in [0, 0.1) is 0 Å². The third-order valence-electron chi connectivity index (χ3n) is 5.38. The average molecular weight is 531 g/mol. The van der Waals surface area contributed by atoms with Gasteiger partial charge in [0.05, 0.1) is 17.5 Å². The van der Waals surface area contributed by atoms with E-state index in [0.29, 0.717) is 44.9 Å². The maximum Gasteiger partial charge on any atom is 0.275 e. The number of amides is 1. The van der Waals surface area contributed by atoms with Gasteiger partial charge in [-0.1, -0.05) is 24.3 Å². The van der Waals surface area contributed by atoms with Crippen LogP contribution >= 0.6 is 15.9 Å². The first-order valence-corrected chi connectivity index (χ1v) is 11.4. The predicted molar refractivity (Wildman–Crippen MR) is 134 cm³/mol. The summed E-state index contributed by atoms with van der Waals surface area (Å²) in [7, 11) is 0. The number of carbonyl (C=O) groups excluding carboxylic acids is 1. The smallest absolute Gasteiger partial charge is 0.275 e. The molecule has 9 nitrogen and oxygen atoms in total. The summed E-state index contributed by atoms with van der Waals surface area (Å²) >= 11 is 3.38. The van der Waals surface area contributed by atoms with E-state index in [1.807, 2.05) is 54.6 Å². The Labute approximate surface area is 208 Å². The second-order valence-electron chi connectivity index (χ2n) is 7.66. The molecular formula is C25H19BrN6O3. The Balaban J connectivity index is 1.49. The van der Waals surface area contributed by atoms with Gasteiger partial charge in [0.2, 0.25) is 0 Å². The van der Waals surface area contributed by atoms with Gasteiger partial charge in [0.1, 0.15) is 29.3 Å². The number of rotatable bonds is 6. The second-order valence-corrected chi connectivity index (χ2v) is 8.51. The first kappa shape index (κ1) is 22.5. The van der Waals surface area contributed by atoms with Gasteiger partial charge in [-0.25, -0.2) is 20.1 Å². The lowest BCUT2D eigenvalue weighted by atomic mass is 10.1. The number of hydrogen-bond acceptors (Lipinski definition) is 7. The van der Waals surface area contributed by atoms with Crippen LogP contribution in [0.2, 0.25) is 0 Å². The van der Waals surface area contributed by atoms with Crippen LogP contribution in [-0.2, 0) is 6.54 Å². The minimum Gasteiger partial charge on any atom is -0.457 e. The molecule has 0 bridgehead atoms. The topological polar surface area (TPSA) is 128 Å². The van der Waals surface area contributed by atoms with E-state index in [2.05, 4.69) is 25.9 Å². The summed E-state index contributed by atoms with van der Waals surface area (Å²) in [6.45, 7) is 0.377. The lowest BCUT2D eigenvalue weighted by Gasteiger charge is -2.07. The van der Waals surface area contributed by atoms with Crippen molar-refractivity contribution in [1.29, 1.82) is 0 Å². The molecule has 0 saturated carbocycles. The number of carbonyl (C=O) groups is 1. The molecule has 35 heavy (non-hydrogen) atoms. The molecule has 0 spiro atoms. The fourth-order valence-corrected chi connectivity index (χ4v) is 4.33. The standard InChI is InChI=1S/C25H19BrN6O3/c26-20-12-15(6-11-19(20)25(33)31-34)13-32-24-21(23(27)28-14-29-24)22(30-32)16-7-9-18(10-8-16)35-17-4-2-1-3-5-17/h1-12,14,34H,13H2,(H,31,33)(H2,27,28,29). The summed E-state index contributed by atoms with van der Waals surface area (Å²) in [6, 6.07) is 22.3. The Morgan fingerprint density at radius 1 is 1.03 bits per heavy atom. The van der Waals surface area contributed by atoms with Crippen LogP contribution in [0.1, 0.15) is 15.9 Å². The van der Waals surface area contributed by atoms with Crippen LogP contribution in [0.25, 0.3) is 22.3 Å². The molecule has 5 rings (SSSR count). The third-order valence-corrected chi connectivity index (χ3v) is 6.03. The lowest BCUT2D eigenvalue weighted by molar-refractivity contribution is 0.0705. The van der Waals surface area contributed by atoms with Gasteiger partial charge in [-0.05, 0) is 70.0 Å². The second kappa shape index (κ2) is 9.53. The number of para-hydroxylation sites is 1. The number of anilines is 1. The summed E-state index contributed by atoms with van der Waals surface area (Å²) in [5.41, 5.74) is 11.1. The van der Waals surface area contributed by atoms with Gasteiger partial charge < -0.3 is 10.5 Å². The molecule has 10 heteroatoms. The van der Waals surface area contributed by atoms with E-state index in [1.54, 1.807) is 28.4 Å². The molecule has 2 aromatic heterocycles. The molecule has 5 aromatic rings. The highest BCUT2D eigenvalue weighted by Crippen LogP contribution is 2.32. The largest absolute Gasteiger partial charge is 0.457 e. The fourth-order valence-electron chi connectivity index (χ4n) is 3.72. The summed E-state index contributed by atoms with van der Waals surface area (Å²) in [4.78, 5) is 20.3. The third kappa shape index (κ3) is 4.57. The Morgan fingerprint density at radius 2 is 1.77 bits per heavy atom. The molecule has 0 aliphatic heterocycles. The number of halogens is 1. The SMILES string of the molecule is Nc1ncnc2c1c(-c1ccc(Oc3ccccc3)cc1)nn2Cc1ccc(C(=O)NO)c(Br)c1. The lowest BCUT2D eigenvalue weighted by Crippen LogP contribution is -2.19. The Bertz CT molecular complexity index is 1520. The number of nitrogens with two attached hydrogens (primary N) is 1. The molecule has 0 unspecified atom stereocenters. The Hall–Kier alpha value is -4.28. The van der Waals surface area contributed by atoms with Gasteiger partial charge in [0, 0.05) is 10.0 Å². The van der Waals surface area contributed by atoms with Gasteiger partial charge in [-0.3, -0.25) is 10.0 Å². The van der Waals surface area contributed by atoms with Crippen molar-refractivity contribution < 1.29 is 14.7 Å². The molecule has 0 fully saturated rings. The molecule has 1 amide bonds. The zero-order valence-electron chi connectivity index (χ0n) is 18.2. The van der Waals surface area contributed by atoms with Crippen molar-refractivity contribution in [3.8, 4) is 22.8 Å². The average Bonchev–Trinajstić information content (AvgIpc) is 3.24. The van der Waals surface area contributed by atoms with E-state index in [1.165, 1.54) is 6.33 Å². The van der Waals surface area contributed by atoms with E-state index in [-0.39, 0.29) is 0 Å². The summed E-state index contributed by atoms with van der Waals surface area (Å²) in [6.07, 6.45) is 1.40. The van der Waals surface area contributed by atoms with Crippen molar-refractivity contribution in [2.75, 3.05) is 5.73 Å². The zero-order valence-corrected chi connectivity index (χ0v) is 19.8. The first-order valence-electron chi connectivity index (χ1n) is 10.6. The van der Waals surface area contributed by atoms with Gasteiger partial charge >= 0.3 is 0 Å². The fraction of sp³-hybridized carbons (Fsp3) is 0.0400. The predicted octanol–water partition coefficient (Wildman–Crippen LogP) is 4.80. The molecule has 0 aliphatic rings. The van der Waals surface area contributed by atoms with Crippen molar-refractivity contribution in [1.82, 2.24) is 25.2 Å². The van der Waals surface area contributed by atoms with Crippen LogP contribution in [0.3, 0.4) is 0 Å². The number of benzene rings is 3. The van der Waals surface area contributed by atoms with E-state index in [9.17, 15) is 4.79 Å². The van der Waals surface area contributed by atoms with E-state index < -0.39 is 5.91 Å². The normalized spacial score (nSPS) is 10.9. The van der Waals surface area contributed by atoms with Gasteiger partial charge in [0.25, 0.3) is 5.91 Å². The zero-order chi connectivity index (χ0) is 24.4. The van der Waals surface area contributed by atoms with Crippen molar-refractivity contribution >= 4 is 38.7 Å². The number of ether oxygens (including phenoxy) is 1. The van der Waals surface area contributed by atoms with Crippen LogP contribution < -0.4 is 16.0 Å². The highest BCUT2D eigenvalue weighted by Gasteiger charge is 2.18. The van der Waals surface area contributed by atoms with E-state index >= 15 is 0 Å². The van der Waals surface area contributed by atoms with Gasteiger partial charge in [-0.15, -0.1) is 0 Å². The molecule has 0 aliphatic carbocycles. The maximum absolute atomic E-state index is 11.8. The molecule has 2 heterocycles. The number of nitrogens with one attached hydrogen (secondary N) is 1. The highest BCUT2D eigenvalue weighted by atomic mass is 79.9. The summed E-state index contributed by atoms with van der Waals surface area (Å²) in [5, 5.41) is 14.3. The minimum absolute atomic E-state index is 0.312. The number of fused-ring (bicyclic) bond motifs is 1. The molecular weight excluding hydrogens is 512 g/mol. The number of nitrogen functional groups attached to an aromatic ring is 1. The van der Waals surface area contributed by atoms with Crippen molar-refractivity contribution in [2.45, 2.75) is 6.54 Å². The van der Waals surface area contributed by atoms with Gasteiger partial charge in [0.15, 0.2) is 5.65 Å². The summed E-state index contributed by atoms with van der Waals surface area (Å²) < 4.78 is 8.17. The maximum atomic E-state index is 11.8. The highest BCUT2D eigenvalue weighted by molar-refractivity contribution is 9.10. The van der Waals surface area contributed by atoms with Crippen LogP contribution in [0.4, 0.5) is 5.82 Å². The molecule has 174 valence electrons. The van der Waals surface area contributed by atoms with E-state index in [4.69, 9.17) is 20.8 Å². The molecule has 4 N–H and O–H groups in total. The van der Waals surface area contributed by atoms with Crippen LogP contribution in [0.5, 0.6) is 11.5 Å². The van der Waals surface area contributed by atoms with Crippen molar-refractivity contribution in [2.24, 2.45) is 0 Å². The molecule has 3 aromatic carbocycles. The minimum atomic E-state index is -0.601. The Kier molecular flexibility index (Phi) is 6.13. The number of nitrogens with zero attached hydrogens (tertiary/aromatic N) is 4. The molecule has 0 atom stereocenters. The first-order chi connectivity index (χ1) is 17.0. The van der Waals surface area contributed by atoms with Crippen molar-refractivity contribution in [3.05, 3.63) is 94.7 Å². The number of aromatic nitrogens is 4. The number of hydroxylamine groups is 1. The molecule has 0 saturated heterocycles. The van der Waals surface area contributed by atoms with Crippen LogP contribution in [0.15, 0.2) is 83.6 Å². The summed E-state index contributed by atoms with van der Waals surface area (Å²) in [5.74, 6) is 1.18. The van der Waals surface area contributed by atoms with E-state index in [0.717, 1.165) is 16.9 Å².